The molecule has 1 aromatic carbocycles. The van der Waals surface area contributed by atoms with E-state index in [-0.39, 0.29) is 37.9 Å². The van der Waals surface area contributed by atoms with Crippen LogP contribution < -0.4 is 38.0 Å². The van der Waals surface area contributed by atoms with E-state index in [0.29, 0.717) is 145 Å². The van der Waals surface area contributed by atoms with Gasteiger partial charge in [-0.25, -0.2) is 19.2 Å². The highest BCUT2D eigenvalue weighted by Gasteiger charge is 2.29. The zero-order valence-corrected chi connectivity index (χ0v) is 77.5. The summed E-state index contributed by atoms with van der Waals surface area (Å²) in [5, 5.41) is 15.5. The number of amides is 5. The first-order valence-electron chi connectivity index (χ1n) is 45.4. The first-order valence-corrected chi connectivity index (χ1v) is 47.2. The number of rotatable bonds is 63. The van der Waals surface area contributed by atoms with Crippen LogP contribution in [0.3, 0.4) is 0 Å². The van der Waals surface area contributed by atoms with Gasteiger partial charge in [-0.05, 0) is 211 Å². The lowest BCUT2D eigenvalue weighted by Gasteiger charge is -2.29. The number of nitrogens with zero attached hydrogens (tertiary/aromatic N) is 5. The molecule has 0 aliphatic heterocycles. The second-order valence-electron chi connectivity index (χ2n) is 37.9. The first kappa shape index (κ1) is 104. The highest BCUT2D eigenvalue weighted by atomic mass is 31.2. The molecule has 0 bridgehead atoms. The summed E-state index contributed by atoms with van der Waals surface area (Å²) in [5.74, 6) is 5.16. The van der Waals surface area contributed by atoms with Crippen molar-refractivity contribution in [3.8, 4) is 0 Å². The van der Waals surface area contributed by atoms with E-state index in [1.54, 1.807) is 96.4 Å². The van der Waals surface area contributed by atoms with Gasteiger partial charge in [0, 0.05) is 51.4 Å². The highest BCUT2D eigenvalue weighted by molar-refractivity contribution is 7.53. The molecule has 116 heavy (non-hydrogen) atoms. The fourth-order valence-electron chi connectivity index (χ4n) is 14.3. The second-order valence-corrected chi connectivity index (χ2v) is 40.1. The van der Waals surface area contributed by atoms with Crippen LogP contribution in [0.5, 0.6) is 0 Å². The van der Waals surface area contributed by atoms with Crippen LogP contribution in [0, 0.1) is 47.3 Å². The maximum Gasteiger partial charge on any atom is 0.410 e. The van der Waals surface area contributed by atoms with Crippen LogP contribution in [0.15, 0.2) is 29.1 Å². The van der Waals surface area contributed by atoms with Gasteiger partial charge in [0.25, 0.3) is 5.91 Å². The number of benzene rings is 1. The number of unbranched alkanes of at least 4 members (excludes halogenated alkanes) is 3. The van der Waals surface area contributed by atoms with Gasteiger partial charge in [-0.1, -0.05) is 210 Å². The normalized spacial score (nSPS) is 14.5. The van der Waals surface area contributed by atoms with Gasteiger partial charge in [0.2, 0.25) is 11.9 Å². The summed E-state index contributed by atoms with van der Waals surface area (Å²) in [6.45, 7) is 46.3. The third kappa shape index (κ3) is 48.9. The minimum absolute atomic E-state index is 0.136. The second kappa shape index (κ2) is 56.5. The van der Waals surface area contributed by atoms with Crippen LogP contribution in [0.25, 0.3) is 11.2 Å². The van der Waals surface area contributed by atoms with E-state index >= 15 is 0 Å². The Morgan fingerprint density at radius 2 is 0.931 bits per heavy atom. The number of nitrogen functional groups attached to an aromatic ring is 1. The molecule has 0 aliphatic carbocycles. The van der Waals surface area contributed by atoms with Crippen molar-refractivity contribution in [2.24, 2.45) is 47.3 Å². The van der Waals surface area contributed by atoms with Gasteiger partial charge in [0.15, 0.2) is 11.5 Å². The number of hydrogen-bond donors (Lipinski definition) is 7. The lowest BCUT2D eigenvalue weighted by atomic mass is 9.91. The molecule has 7 atom stereocenters. The zero-order valence-electron chi connectivity index (χ0n) is 76.6. The third-order valence-corrected chi connectivity index (χ3v) is 23.5. The zero-order chi connectivity index (χ0) is 86.3. The maximum atomic E-state index is 14.7. The minimum Gasteiger partial charge on any atom is -0.444 e. The third-order valence-electron chi connectivity index (χ3n) is 21.4. The van der Waals surface area contributed by atoms with Crippen molar-refractivity contribution in [1.29, 1.82) is 0 Å². The largest absolute Gasteiger partial charge is 0.444 e. The quantitative estimate of drug-likeness (QED) is 0.0157. The number of H-pyrrole nitrogens is 1. The lowest BCUT2D eigenvalue weighted by molar-refractivity contribution is -0.123. The van der Waals surface area contributed by atoms with Crippen LogP contribution in [0.1, 0.15) is 347 Å². The molecule has 2 aromatic heterocycles. The molecule has 0 spiro atoms. The number of alkyl carbamates (subject to hydrolysis) is 1. The Balaban J connectivity index is 1.72. The van der Waals surface area contributed by atoms with E-state index in [9.17, 15) is 33.3 Å². The van der Waals surface area contributed by atoms with Crippen molar-refractivity contribution in [1.82, 2.24) is 50.6 Å². The molecule has 0 radical (unpaired) electrons. The number of aromatic amines is 1. The van der Waals surface area contributed by atoms with Gasteiger partial charge >= 0.3 is 31.6 Å². The van der Waals surface area contributed by atoms with E-state index in [2.05, 4.69) is 118 Å². The molecule has 0 fully saturated rings. The maximum absolute atomic E-state index is 14.7. The monoisotopic (exact) mass is 1650 g/mol. The number of imidazole rings is 1. The Morgan fingerprint density at radius 1 is 0.500 bits per heavy atom. The molecule has 5 amide bonds. The van der Waals surface area contributed by atoms with Crippen molar-refractivity contribution < 1.29 is 51.8 Å². The van der Waals surface area contributed by atoms with Gasteiger partial charge in [-0.15, -0.1) is 0 Å². The highest BCUT2D eigenvalue weighted by Crippen LogP contribution is 2.49. The van der Waals surface area contributed by atoms with E-state index in [0.717, 1.165) is 79.6 Å². The predicted molar refractivity (Wildman–Crippen MR) is 477 cm³/mol. The van der Waals surface area contributed by atoms with Crippen molar-refractivity contribution in [3.05, 3.63) is 45.9 Å². The molecule has 0 saturated carbocycles. The number of ether oxygens (including phenoxy) is 3. The van der Waals surface area contributed by atoms with Crippen molar-refractivity contribution in [2.75, 3.05) is 89.3 Å². The Bertz CT molecular complexity index is 3250. The van der Waals surface area contributed by atoms with Crippen LogP contribution in [-0.4, -0.2) is 161 Å². The van der Waals surface area contributed by atoms with Crippen LogP contribution in [0.2, 0.25) is 0 Å². The molecule has 0 aliphatic rings. The average molecular weight is 1650 g/mol. The van der Waals surface area contributed by atoms with Crippen molar-refractivity contribution >= 4 is 60.6 Å². The van der Waals surface area contributed by atoms with Gasteiger partial charge in [0.1, 0.15) is 28.4 Å². The number of carbonyl (C=O) groups is 5. The smallest absolute Gasteiger partial charge is 0.410 e. The number of anilines is 2. The Hall–Kier alpha value is -5.97. The Kier molecular flexibility index (Phi) is 50.8. The first-order chi connectivity index (χ1) is 54.7. The molecule has 25 heteroatoms. The minimum atomic E-state index is -3.41. The molecule has 668 valence electrons. The summed E-state index contributed by atoms with van der Waals surface area (Å²) >= 11 is 0. The van der Waals surface area contributed by atoms with Crippen molar-refractivity contribution in [3.63, 3.8) is 0 Å². The Labute approximate surface area is 702 Å². The number of nitrogens with two attached hydrogens (primary N) is 1. The molecule has 2 heterocycles. The SMILES string of the molecule is CCCCNc1nc(N)c2[nH]c(=O)n(Cc3ccc(C(=O)N[C@@H](CCCCNCCCP(=O)(OCCC(C)CCCC(C)CCCC(C)CCCC(C)C)OCCC(C)CCCC(C)CCCC(C)CCCC(C)C)C(=O)NCCCN(CCCCN(CCCNC(=O)OC(C)(C)C)C(=O)OC(C)(C)C)C(=O)OC(C)(C)C)cc3)c2n1. The fourth-order valence-corrected chi connectivity index (χ4v) is 15.9. The molecule has 6 unspecified atom stereocenters. The van der Waals surface area contributed by atoms with Crippen LogP contribution in [0.4, 0.5) is 26.1 Å². The molecular formula is C91H167N12O12P. The van der Waals surface area contributed by atoms with E-state index in [1.165, 1.54) is 107 Å². The number of nitrogens with one attached hydrogen (secondary N) is 6. The summed E-state index contributed by atoms with van der Waals surface area (Å²) in [5.41, 5.74) is 5.44. The number of fused-ring (bicyclic) bond motifs is 1. The standard InChI is InChI=1S/C91H167N12O12P/c1-21-22-57-95-84-99-80(92)79-81(100-84)103(85(106)98-79)67-76-49-51-77(52-50-76)82(104)97-78(83(105)94-58-33-62-101(87(108)114-90(15,16)17)60-25-26-61-102(88(109)115-91(18,19)20)63-34-59-96-86(107)113-89(12,13)14)48-23-24-55-93-56-35-66-116(110,111-64-53-74(10)46-31-44-72(8)42-29-40-70(6)38-27-36-68(2)3)112-65-54-75(11)47-32-45-73(9)43-30-41-71(7)39-28-37-69(4)5/h49-52,68-75,78,93H,21-48,53-67H2,1-20H3,(H,94,105)(H,96,107)(H,97,104)(H,98,106)(H3,92,95,99,100)/t70?,71?,72?,73?,74?,75?,78-,116?/m0/s1. The van der Waals surface area contributed by atoms with Gasteiger partial charge in [-0.2, -0.15) is 9.97 Å². The number of carbonyl (C=O) groups excluding carboxylic acids is 5. The summed E-state index contributed by atoms with van der Waals surface area (Å²) < 4.78 is 45.8. The topological polar surface area (TPSA) is 305 Å². The Morgan fingerprint density at radius 3 is 1.38 bits per heavy atom. The summed E-state index contributed by atoms with van der Waals surface area (Å²) in [7, 11) is -3.41. The predicted octanol–water partition coefficient (Wildman–Crippen LogP) is 21.0. The van der Waals surface area contributed by atoms with Crippen molar-refractivity contribution in [2.45, 2.75) is 360 Å². The summed E-state index contributed by atoms with van der Waals surface area (Å²) in [6.07, 6.45) is 29.4. The van der Waals surface area contributed by atoms with Gasteiger partial charge in [-0.3, -0.25) is 18.7 Å². The van der Waals surface area contributed by atoms with E-state index in [4.69, 9.17) is 29.0 Å². The summed E-state index contributed by atoms with van der Waals surface area (Å²) in [4.78, 5) is 96.3. The van der Waals surface area contributed by atoms with Gasteiger partial charge < -0.3 is 70.4 Å². The molecule has 8 N–H and O–H groups in total. The summed E-state index contributed by atoms with van der Waals surface area (Å²) in [6, 6.07) is 5.93. The van der Waals surface area contributed by atoms with E-state index < -0.39 is 60.3 Å². The number of aromatic nitrogens is 4. The molecule has 3 rings (SSSR count). The number of hydrogen-bond acceptors (Lipinski definition) is 17. The van der Waals surface area contributed by atoms with Gasteiger partial charge in [0.05, 0.1) is 25.9 Å². The van der Waals surface area contributed by atoms with E-state index in [1.807, 2.05) is 0 Å². The lowest BCUT2D eigenvalue weighted by Crippen LogP contribution is -2.47. The average Bonchev–Trinajstić information content (AvgIpc) is 1.63. The van der Waals surface area contributed by atoms with Crippen LogP contribution >= 0.6 is 7.60 Å². The fraction of sp³-hybridized carbons (Fsp3) is 0.824. The molecule has 3 aromatic rings. The molecular weight excluding hydrogens is 1480 g/mol. The molecule has 24 nitrogen and oxygen atoms in total. The van der Waals surface area contributed by atoms with Crippen LogP contribution in [-0.2, 0) is 39.2 Å². The molecule has 0 saturated heterocycles.